The maximum Gasteiger partial charge on any atom is 0.335 e. The summed E-state index contributed by atoms with van der Waals surface area (Å²) in [5, 5.41) is 26.8. The molecule has 302 valence electrons. The third-order valence-corrected chi connectivity index (χ3v) is 18.1. The van der Waals surface area contributed by atoms with E-state index in [1.807, 2.05) is 90.4 Å². The van der Waals surface area contributed by atoms with Crippen LogP contribution < -0.4 is 25.7 Å². The van der Waals surface area contributed by atoms with Crippen LogP contribution in [0, 0.1) is 6.92 Å². The monoisotopic (exact) mass is 836 g/mol. The molecule has 0 saturated heterocycles. The number of nitrogens with one attached hydrogen (secondary N) is 2. The fraction of sp³-hybridized carbons (Fsp3) is 0.302. The molecule has 2 heterocycles. The Labute approximate surface area is 345 Å². The van der Waals surface area contributed by atoms with Gasteiger partial charge in [-0.2, -0.15) is 0 Å². The second kappa shape index (κ2) is 18.0. The van der Waals surface area contributed by atoms with Crippen molar-refractivity contribution in [3.05, 3.63) is 130 Å². The zero-order valence-electron chi connectivity index (χ0n) is 33.6. The van der Waals surface area contributed by atoms with Gasteiger partial charge in [0.25, 0.3) is 5.91 Å². The van der Waals surface area contributed by atoms with Gasteiger partial charge in [-0.1, -0.05) is 48.0 Å². The van der Waals surface area contributed by atoms with Crippen molar-refractivity contribution in [1.82, 2.24) is 25.4 Å². The van der Waals surface area contributed by atoms with Crippen molar-refractivity contribution in [3.8, 4) is 11.4 Å². The van der Waals surface area contributed by atoms with Crippen molar-refractivity contribution < 1.29 is 28.3 Å². The Balaban J connectivity index is 0.984. The van der Waals surface area contributed by atoms with Crippen molar-refractivity contribution in [2.75, 3.05) is 20.2 Å². The standard InChI is InChI=1S/C43H49ClN6O6Si2/c1-28-48-49-41-37(47-40(29-10-16-32(44)17-11-29)36-26-33(55-2)18-23-38(36)50(28)41)27-39(51)45-24-8-7-9-25-46-42(52)30-12-19-34(20-13-30)57(3,4)56-58(5,6)35-21-14-31(15-22-35)43(53)54/h10-23,26,37H,7-9,24-25,27H2,1-6H3,(H,45,51)(H,46,52)(H,53,54). The van der Waals surface area contributed by atoms with E-state index < -0.39 is 28.6 Å². The van der Waals surface area contributed by atoms with Crippen LogP contribution in [-0.2, 0) is 8.91 Å². The van der Waals surface area contributed by atoms with Crippen molar-refractivity contribution in [1.29, 1.82) is 0 Å². The minimum absolute atomic E-state index is 0.0864. The SMILES string of the molecule is COc1ccc2c(c1)C(c1ccc(Cl)cc1)=NC(CC(=O)NCCCCCNC(=O)c1ccc([Si](C)(C)O[Si](C)(C)c3ccc(C(=O)O)cc3)cc1)c1nnc(C)n1-2. The van der Waals surface area contributed by atoms with Gasteiger partial charge in [-0.3, -0.25) is 19.1 Å². The van der Waals surface area contributed by atoms with E-state index in [9.17, 15) is 19.5 Å². The number of carboxylic acids is 1. The molecule has 3 N–H and O–H groups in total. The Bertz CT molecular complexity index is 2310. The van der Waals surface area contributed by atoms with Crippen LogP contribution in [0.5, 0.6) is 5.75 Å². The van der Waals surface area contributed by atoms with Crippen LogP contribution in [0.4, 0.5) is 0 Å². The summed E-state index contributed by atoms with van der Waals surface area (Å²) in [6.45, 7) is 11.4. The molecule has 0 spiro atoms. The zero-order chi connectivity index (χ0) is 41.6. The molecule has 15 heteroatoms. The molecule has 12 nitrogen and oxygen atoms in total. The first-order valence-electron chi connectivity index (χ1n) is 19.3. The molecule has 4 aromatic carbocycles. The Kier molecular flexibility index (Phi) is 13.1. The molecular formula is C43H49ClN6O6Si2. The van der Waals surface area contributed by atoms with Crippen molar-refractivity contribution in [2.24, 2.45) is 4.99 Å². The highest BCUT2D eigenvalue weighted by atomic mass is 35.5. The lowest BCUT2D eigenvalue weighted by molar-refractivity contribution is -0.121. The summed E-state index contributed by atoms with van der Waals surface area (Å²) < 4.78 is 14.3. The second-order valence-electron chi connectivity index (χ2n) is 15.3. The van der Waals surface area contributed by atoms with Crippen LogP contribution >= 0.6 is 11.6 Å². The van der Waals surface area contributed by atoms with Crippen LogP contribution in [0.2, 0.25) is 31.2 Å². The van der Waals surface area contributed by atoms with Crippen molar-refractivity contribution in [3.63, 3.8) is 0 Å². The summed E-state index contributed by atoms with van der Waals surface area (Å²) in [6.07, 6.45) is 2.43. The number of aliphatic imine (C=N–C) groups is 1. The smallest absolute Gasteiger partial charge is 0.335 e. The number of nitrogens with zero attached hydrogens (tertiary/aromatic N) is 4. The number of carbonyl (C=O) groups excluding carboxylic acids is 2. The number of ether oxygens (including phenoxy) is 1. The Morgan fingerprint density at radius 3 is 2.00 bits per heavy atom. The number of methoxy groups -OCH3 is 1. The summed E-state index contributed by atoms with van der Waals surface area (Å²) in [4.78, 5) is 42.7. The Hall–Kier alpha value is -5.42. The van der Waals surface area contributed by atoms with E-state index in [2.05, 4.69) is 47.0 Å². The number of benzene rings is 4. The van der Waals surface area contributed by atoms with Crippen molar-refractivity contribution >= 4 is 62.1 Å². The lowest BCUT2D eigenvalue weighted by Gasteiger charge is -2.34. The summed E-state index contributed by atoms with van der Waals surface area (Å²) in [5.41, 5.74) is 4.07. The number of hydrogen-bond donors (Lipinski definition) is 3. The molecule has 0 bridgehead atoms. The maximum atomic E-state index is 13.3. The van der Waals surface area contributed by atoms with Gasteiger partial charge >= 0.3 is 5.97 Å². The number of amides is 2. The van der Waals surface area contributed by atoms with Gasteiger partial charge in [-0.15, -0.1) is 10.2 Å². The molecule has 58 heavy (non-hydrogen) atoms. The molecule has 2 amide bonds. The normalized spacial score (nSPS) is 13.8. The van der Waals surface area contributed by atoms with E-state index in [1.54, 1.807) is 19.2 Å². The zero-order valence-corrected chi connectivity index (χ0v) is 36.4. The first kappa shape index (κ1) is 42.2. The molecule has 1 aromatic heterocycles. The molecule has 1 unspecified atom stereocenters. The van der Waals surface area contributed by atoms with Gasteiger partial charge < -0.3 is 24.6 Å². The van der Waals surface area contributed by atoms with Gasteiger partial charge in [0.2, 0.25) is 22.5 Å². The number of hydrogen-bond acceptors (Lipinski definition) is 8. The molecule has 0 radical (unpaired) electrons. The minimum atomic E-state index is -2.35. The lowest BCUT2D eigenvalue weighted by Crippen LogP contribution is -2.57. The quantitative estimate of drug-likeness (QED) is 0.0754. The first-order valence-corrected chi connectivity index (χ1v) is 25.5. The van der Waals surface area contributed by atoms with E-state index in [1.165, 1.54) is 0 Å². The Morgan fingerprint density at radius 1 is 0.793 bits per heavy atom. The topological polar surface area (TPSA) is 157 Å². The van der Waals surface area contributed by atoms with Crippen LogP contribution in [0.25, 0.3) is 5.69 Å². The average molecular weight is 838 g/mol. The van der Waals surface area contributed by atoms with Crippen LogP contribution in [0.3, 0.4) is 0 Å². The Morgan fingerprint density at radius 2 is 1.40 bits per heavy atom. The summed E-state index contributed by atoms with van der Waals surface area (Å²) >= 11 is 6.22. The third-order valence-electron chi connectivity index (χ3n) is 10.3. The molecule has 0 fully saturated rings. The second-order valence-corrected chi connectivity index (χ2v) is 23.7. The van der Waals surface area contributed by atoms with Gasteiger partial charge in [0, 0.05) is 34.8 Å². The average Bonchev–Trinajstić information content (AvgIpc) is 3.53. The van der Waals surface area contributed by atoms with E-state index >= 15 is 0 Å². The first-order chi connectivity index (χ1) is 27.7. The number of carbonyl (C=O) groups is 3. The number of aromatic nitrogens is 3. The van der Waals surface area contributed by atoms with Gasteiger partial charge in [0.1, 0.15) is 17.6 Å². The highest BCUT2D eigenvalue weighted by molar-refractivity contribution is 6.96. The van der Waals surface area contributed by atoms with E-state index in [0.29, 0.717) is 46.8 Å². The largest absolute Gasteiger partial charge is 0.497 e. The lowest BCUT2D eigenvalue weighted by atomic mass is 10.00. The number of carboxylic acid groups (broad SMARTS) is 1. The summed E-state index contributed by atoms with van der Waals surface area (Å²) in [6, 6.07) is 27.2. The molecule has 6 rings (SSSR count). The van der Waals surface area contributed by atoms with Gasteiger partial charge in [0.15, 0.2) is 5.82 Å². The van der Waals surface area contributed by atoms with Gasteiger partial charge in [-0.05, 0) is 117 Å². The van der Waals surface area contributed by atoms with Crippen molar-refractivity contribution in [2.45, 2.75) is 64.8 Å². The maximum absolute atomic E-state index is 13.3. The third kappa shape index (κ3) is 9.81. The van der Waals surface area contributed by atoms with Gasteiger partial charge in [-0.25, -0.2) is 4.79 Å². The molecule has 1 aliphatic heterocycles. The number of aromatic carboxylic acids is 1. The number of rotatable bonds is 16. The number of fused-ring (bicyclic) bond motifs is 3. The highest BCUT2D eigenvalue weighted by Gasteiger charge is 2.36. The van der Waals surface area contributed by atoms with E-state index in [-0.39, 0.29) is 23.8 Å². The van der Waals surface area contributed by atoms with Crippen LogP contribution in [0.1, 0.15) is 75.2 Å². The number of aryl methyl sites for hydroxylation is 1. The van der Waals surface area contributed by atoms with Gasteiger partial charge in [0.05, 0.1) is 30.5 Å². The highest BCUT2D eigenvalue weighted by Crippen LogP contribution is 2.34. The van der Waals surface area contributed by atoms with Crippen LogP contribution in [-0.4, -0.2) is 80.2 Å². The van der Waals surface area contributed by atoms with Crippen LogP contribution in [0.15, 0.2) is 96.0 Å². The molecule has 5 aromatic rings. The molecule has 1 atom stereocenters. The number of halogens is 1. The molecule has 0 aliphatic carbocycles. The number of unbranched alkanes of at least 4 members (excludes halogenated alkanes) is 2. The molecular weight excluding hydrogens is 788 g/mol. The predicted molar refractivity (Wildman–Crippen MR) is 231 cm³/mol. The minimum Gasteiger partial charge on any atom is -0.497 e. The molecule has 0 saturated carbocycles. The summed E-state index contributed by atoms with van der Waals surface area (Å²) in [7, 11) is -3.06. The van der Waals surface area contributed by atoms with E-state index in [4.69, 9.17) is 25.4 Å². The fourth-order valence-corrected chi connectivity index (χ4v) is 15.3. The van der Waals surface area contributed by atoms with E-state index in [0.717, 1.165) is 46.5 Å². The fourth-order valence-electron chi connectivity index (χ4n) is 7.18. The predicted octanol–water partition coefficient (Wildman–Crippen LogP) is 6.48. The summed E-state index contributed by atoms with van der Waals surface area (Å²) in [5.74, 6) is 0.711. The molecule has 1 aliphatic rings.